The third kappa shape index (κ3) is 5.88. The number of hydrogen-bond acceptors (Lipinski definition) is 4. The molecule has 1 aromatic rings. The van der Waals surface area contributed by atoms with Gasteiger partial charge in [-0.3, -0.25) is 0 Å². The van der Waals surface area contributed by atoms with Crippen molar-refractivity contribution in [3.63, 3.8) is 0 Å². The van der Waals surface area contributed by atoms with Crippen LogP contribution in [0.15, 0.2) is 24.3 Å². The number of anilines is 1. The van der Waals surface area contributed by atoms with Crippen LogP contribution in [0.5, 0.6) is 5.75 Å². The Morgan fingerprint density at radius 3 is 2.58 bits per heavy atom. The molecule has 132 valence electrons. The predicted octanol–water partition coefficient (Wildman–Crippen LogP) is 3.12. The van der Waals surface area contributed by atoms with E-state index in [-0.39, 0.29) is 17.3 Å². The predicted molar refractivity (Wildman–Crippen MR) is 98.3 cm³/mol. The third-order valence-corrected chi connectivity index (χ3v) is 3.56. The van der Waals surface area contributed by atoms with Gasteiger partial charge in [0.05, 0.1) is 6.54 Å². The van der Waals surface area contributed by atoms with E-state index >= 15 is 0 Å². The molecule has 0 aliphatic carbocycles. The summed E-state index contributed by atoms with van der Waals surface area (Å²) < 4.78 is 11.4. The van der Waals surface area contributed by atoms with Crippen LogP contribution in [0.1, 0.15) is 33.6 Å². The van der Waals surface area contributed by atoms with Crippen molar-refractivity contribution in [3.8, 4) is 5.75 Å². The zero-order chi connectivity index (χ0) is 17.7. The van der Waals surface area contributed by atoms with Crippen molar-refractivity contribution in [3.05, 3.63) is 24.3 Å². The Labute approximate surface area is 148 Å². The van der Waals surface area contributed by atoms with Crippen LogP contribution in [0.25, 0.3) is 0 Å². The number of carbonyl (C=O) groups is 1. The first kappa shape index (κ1) is 18.3. The molecule has 3 N–H and O–H groups in total. The van der Waals surface area contributed by atoms with Gasteiger partial charge in [0, 0.05) is 12.2 Å². The van der Waals surface area contributed by atoms with E-state index in [0.29, 0.717) is 13.1 Å². The smallest absolute Gasteiger partial charge is 0.410 e. The Balaban J connectivity index is 1.90. The quantitative estimate of drug-likeness (QED) is 0.815. The minimum absolute atomic E-state index is 0.0411. The molecular weight excluding hydrogens is 326 g/mol. The van der Waals surface area contributed by atoms with E-state index in [2.05, 4.69) is 5.32 Å². The van der Waals surface area contributed by atoms with Gasteiger partial charge >= 0.3 is 6.09 Å². The molecule has 0 saturated carbocycles. The summed E-state index contributed by atoms with van der Waals surface area (Å²) in [6, 6.07) is 7.41. The fourth-order valence-electron chi connectivity index (χ4n) is 2.48. The summed E-state index contributed by atoms with van der Waals surface area (Å²) in [6.07, 6.45) is 1.48. The average Bonchev–Trinajstić information content (AvgIpc) is 2.47. The molecule has 0 radical (unpaired) electrons. The number of carbonyl (C=O) groups excluding carboxylic acids is 1. The fraction of sp³-hybridized carbons (Fsp3) is 0.529. The van der Waals surface area contributed by atoms with Gasteiger partial charge in [-0.05, 0) is 70.1 Å². The molecule has 1 atom stereocenters. The van der Waals surface area contributed by atoms with E-state index in [1.165, 1.54) is 0 Å². The first-order chi connectivity index (χ1) is 11.2. The van der Waals surface area contributed by atoms with Crippen LogP contribution in [0, 0.1) is 0 Å². The summed E-state index contributed by atoms with van der Waals surface area (Å²) in [4.78, 5) is 13.9. The number of nitrogens with zero attached hydrogens (tertiary/aromatic N) is 1. The molecule has 1 heterocycles. The van der Waals surface area contributed by atoms with Crippen molar-refractivity contribution in [2.24, 2.45) is 5.73 Å². The summed E-state index contributed by atoms with van der Waals surface area (Å²) in [5.74, 6) is 0.750. The fourth-order valence-corrected chi connectivity index (χ4v) is 2.60. The molecule has 0 spiro atoms. The van der Waals surface area contributed by atoms with Crippen LogP contribution in [0.2, 0.25) is 0 Å². The number of likely N-dealkylation sites (tertiary alicyclic amines) is 1. The molecule has 0 bridgehead atoms. The summed E-state index contributed by atoms with van der Waals surface area (Å²) >= 11 is 4.80. The zero-order valence-corrected chi connectivity index (χ0v) is 15.2. The minimum Gasteiger partial charge on any atom is -0.489 e. The largest absolute Gasteiger partial charge is 0.489 e. The third-order valence-electron chi connectivity index (χ3n) is 3.45. The van der Waals surface area contributed by atoms with Crippen LogP contribution in [0.3, 0.4) is 0 Å². The second kappa shape index (κ2) is 7.70. The maximum absolute atomic E-state index is 12.2. The van der Waals surface area contributed by atoms with Gasteiger partial charge in [-0.2, -0.15) is 0 Å². The number of rotatable bonds is 3. The van der Waals surface area contributed by atoms with Gasteiger partial charge < -0.3 is 25.4 Å². The van der Waals surface area contributed by atoms with Gasteiger partial charge in [0.1, 0.15) is 17.5 Å². The van der Waals surface area contributed by atoms with Crippen molar-refractivity contribution >= 4 is 29.1 Å². The van der Waals surface area contributed by atoms with E-state index in [1.807, 2.05) is 45.0 Å². The molecule has 1 aliphatic rings. The Bertz CT molecular complexity index is 584. The number of benzene rings is 1. The van der Waals surface area contributed by atoms with Gasteiger partial charge in [-0.15, -0.1) is 0 Å². The highest BCUT2D eigenvalue weighted by Crippen LogP contribution is 2.22. The SMILES string of the molecule is CC(C)(C)OC(=O)N1CCCC(Oc2ccc(NC(N)=S)cc2)C1. The van der Waals surface area contributed by atoms with Crippen LogP contribution in [0.4, 0.5) is 10.5 Å². The molecule has 1 unspecified atom stereocenters. The first-order valence-corrected chi connectivity index (χ1v) is 8.45. The summed E-state index contributed by atoms with van der Waals surface area (Å²) in [5, 5.41) is 3.09. The Kier molecular flexibility index (Phi) is 5.88. The topological polar surface area (TPSA) is 76.8 Å². The molecule has 7 heteroatoms. The lowest BCUT2D eigenvalue weighted by atomic mass is 10.1. The van der Waals surface area contributed by atoms with Gasteiger partial charge in [0.25, 0.3) is 0 Å². The van der Waals surface area contributed by atoms with E-state index in [1.54, 1.807) is 4.90 Å². The van der Waals surface area contributed by atoms with Crippen LogP contribution >= 0.6 is 12.2 Å². The lowest BCUT2D eigenvalue weighted by Crippen LogP contribution is -2.46. The van der Waals surface area contributed by atoms with Gasteiger partial charge in [-0.25, -0.2) is 4.79 Å². The first-order valence-electron chi connectivity index (χ1n) is 8.04. The molecule has 2 rings (SSSR count). The molecule has 6 nitrogen and oxygen atoms in total. The van der Waals surface area contributed by atoms with Crippen LogP contribution in [-0.2, 0) is 4.74 Å². The van der Waals surface area contributed by atoms with E-state index in [4.69, 9.17) is 27.4 Å². The van der Waals surface area contributed by atoms with Crippen LogP contribution in [-0.4, -0.2) is 40.9 Å². The second-order valence-corrected chi connectivity index (χ2v) is 7.26. The lowest BCUT2D eigenvalue weighted by Gasteiger charge is -2.34. The summed E-state index contributed by atoms with van der Waals surface area (Å²) in [7, 11) is 0. The van der Waals surface area contributed by atoms with Gasteiger partial charge in [-0.1, -0.05) is 0 Å². The number of nitrogens with two attached hydrogens (primary N) is 1. The Hall–Kier alpha value is -2.02. The Morgan fingerprint density at radius 1 is 1.33 bits per heavy atom. The second-order valence-electron chi connectivity index (χ2n) is 6.82. The molecule has 24 heavy (non-hydrogen) atoms. The molecule has 0 aromatic heterocycles. The number of ether oxygens (including phenoxy) is 2. The Morgan fingerprint density at radius 2 is 2.00 bits per heavy atom. The average molecular weight is 351 g/mol. The standard InChI is InChI=1S/C17H25N3O3S/c1-17(2,3)23-16(21)20-10-4-5-14(11-20)22-13-8-6-12(7-9-13)19-15(18)24/h6-9,14H,4-5,10-11H2,1-3H3,(H3,18,19,24). The highest BCUT2D eigenvalue weighted by atomic mass is 32.1. The molecule has 1 amide bonds. The van der Waals surface area contributed by atoms with E-state index in [9.17, 15) is 4.79 Å². The normalized spacial score (nSPS) is 18.0. The van der Waals surface area contributed by atoms with Gasteiger partial charge in [0.2, 0.25) is 0 Å². The molecule has 1 aliphatic heterocycles. The van der Waals surface area contributed by atoms with Crippen molar-refractivity contribution in [1.82, 2.24) is 4.90 Å². The number of thiocarbonyl (C=S) groups is 1. The summed E-state index contributed by atoms with van der Waals surface area (Å²) in [6.45, 7) is 6.83. The minimum atomic E-state index is -0.489. The summed E-state index contributed by atoms with van der Waals surface area (Å²) in [5.41, 5.74) is 5.76. The zero-order valence-electron chi connectivity index (χ0n) is 14.4. The molecule has 1 aromatic carbocycles. The highest BCUT2D eigenvalue weighted by Gasteiger charge is 2.28. The molecule has 1 saturated heterocycles. The van der Waals surface area contributed by atoms with Gasteiger partial charge in [0.15, 0.2) is 5.11 Å². The maximum atomic E-state index is 12.2. The number of amides is 1. The van der Waals surface area contributed by atoms with Crippen LogP contribution < -0.4 is 15.8 Å². The van der Waals surface area contributed by atoms with E-state index in [0.717, 1.165) is 24.3 Å². The monoisotopic (exact) mass is 351 g/mol. The molecule has 1 fully saturated rings. The van der Waals surface area contributed by atoms with Crippen molar-refractivity contribution in [2.45, 2.75) is 45.3 Å². The molecular formula is C17H25N3O3S. The maximum Gasteiger partial charge on any atom is 0.410 e. The highest BCUT2D eigenvalue weighted by molar-refractivity contribution is 7.80. The van der Waals surface area contributed by atoms with Crippen molar-refractivity contribution in [2.75, 3.05) is 18.4 Å². The van der Waals surface area contributed by atoms with E-state index < -0.39 is 5.60 Å². The number of hydrogen-bond donors (Lipinski definition) is 2. The van der Waals surface area contributed by atoms with Crippen molar-refractivity contribution < 1.29 is 14.3 Å². The number of nitrogens with one attached hydrogen (secondary N) is 1. The number of piperidine rings is 1. The van der Waals surface area contributed by atoms with Crippen molar-refractivity contribution in [1.29, 1.82) is 0 Å². The lowest BCUT2D eigenvalue weighted by molar-refractivity contribution is 0.00776.